The molecule has 0 radical (unpaired) electrons. The lowest BCUT2D eigenvalue weighted by atomic mass is 9.82. The number of aromatic nitrogens is 3. The number of aromatic amines is 1. The highest BCUT2D eigenvalue weighted by Crippen LogP contribution is 2.47. The van der Waals surface area contributed by atoms with E-state index in [2.05, 4.69) is 15.4 Å². The lowest BCUT2D eigenvalue weighted by molar-refractivity contribution is 0.0852. The van der Waals surface area contributed by atoms with Crippen LogP contribution in [-0.4, -0.2) is 25.8 Å². The minimum absolute atomic E-state index is 0.221. The van der Waals surface area contributed by atoms with Gasteiger partial charge in [0, 0.05) is 40.7 Å². The van der Waals surface area contributed by atoms with E-state index in [9.17, 15) is 9.90 Å². The minimum atomic E-state index is -0.990. The predicted octanol–water partition coefficient (Wildman–Crippen LogP) is 2.55. The van der Waals surface area contributed by atoms with E-state index in [1.807, 2.05) is 37.5 Å². The number of aryl methyl sites for hydroxylation is 3. The number of nitrogens with one attached hydrogen (secondary N) is 2. The third kappa shape index (κ3) is 1.55. The van der Waals surface area contributed by atoms with Gasteiger partial charge < -0.3 is 15.4 Å². The van der Waals surface area contributed by atoms with Crippen LogP contribution in [0.4, 0.5) is 0 Å². The number of aliphatic hydroxyl groups excluding tert-OH is 1. The van der Waals surface area contributed by atoms with Crippen LogP contribution in [0.15, 0.2) is 30.5 Å². The van der Waals surface area contributed by atoms with Gasteiger partial charge in [0.05, 0.1) is 16.8 Å². The number of carbonyl (C=O) groups is 1. The molecule has 6 rings (SSSR count). The smallest absolute Gasteiger partial charge is 0.254 e. The molecule has 3 heterocycles. The van der Waals surface area contributed by atoms with Crippen molar-refractivity contribution in [2.45, 2.75) is 19.1 Å². The number of amides is 1. The molecule has 6 nitrogen and oxygen atoms in total. The van der Waals surface area contributed by atoms with E-state index in [-0.39, 0.29) is 5.91 Å². The van der Waals surface area contributed by atoms with Gasteiger partial charge in [-0.05, 0) is 30.0 Å². The number of fused-ring (bicyclic) bond motifs is 10. The summed E-state index contributed by atoms with van der Waals surface area (Å²) in [7, 11) is 1.90. The van der Waals surface area contributed by atoms with Gasteiger partial charge in [-0.25, -0.2) is 0 Å². The van der Waals surface area contributed by atoms with Crippen molar-refractivity contribution in [2.75, 3.05) is 0 Å². The molecule has 1 aliphatic heterocycles. The third-order valence-electron chi connectivity index (χ3n) is 5.65. The quantitative estimate of drug-likeness (QED) is 0.458. The van der Waals surface area contributed by atoms with Gasteiger partial charge in [0.2, 0.25) is 0 Å². The summed E-state index contributed by atoms with van der Waals surface area (Å²) in [5.74, 6) is -0.221. The zero-order valence-electron chi connectivity index (χ0n) is 14.1. The van der Waals surface area contributed by atoms with E-state index in [1.165, 1.54) is 0 Å². The molecule has 1 atom stereocenters. The molecule has 4 aromatic rings. The first-order valence-corrected chi connectivity index (χ1v) is 8.74. The molecule has 0 saturated carbocycles. The van der Waals surface area contributed by atoms with E-state index >= 15 is 0 Å². The maximum Gasteiger partial charge on any atom is 0.254 e. The number of aliphatic hydroxyl groups is 1. The zero-order valence-corrected chi connectivity index (χ0v) is 14.1. The summed E-state index contributed by atoms with van der Waals surface area (Å²) >= 11 is 0. The second-order valence-corrected chi connectivity index (χ2v) is 7.10. The summed E-state index contributed by atoms with van der Waals surface area (Å²) in [4.78, 5) is 16.2. The Morgan fingerprint density at radius 3 is 2.96 bits per heavy atom. The number of rotatable bonds is 0. The van der Waals surface area contributed by atoms with Crippen molar-refractivity contribution in [3.8, 4) is 11.1 Å². The topological polar surface area (TPSA) is 82.9 Å². The number of para-hydroxylation sites is 1. The van der Waals surface area contributed by atoms with Crippen molar-refractivity contribution >= 4 is 27.7 Å². The van der Waals surface area contributed by atoms with Crippen LogP contribution < -0.4 is 5.32 Å². The van der Waals surface area contributed by atoms with Crippen molar-refractivity contribution in [3.05, 3.63) is 52.8 Å². The molecule has 0 saturated heterocycles. The van der Waals surface area contributed by atoms with Crippen molar-refractivity contribution in [3.63, 3.8) is 0 Å². The second-order valence-electron chi connectivity index (χ2n) is 7.10. The van der Waals surface area contributed by atoms with Gasteiger partial charge in [-0.3, -0.25) is 9.48 Å². The summed E-state index contributed by atoms with van der Waals surface area (Å²) in [6.45, 7) is 0. The standard InChI is InChI=1S/C20H16N4O2/c1-24-8-11-13(23-24)7-6-10-14(11)16-17(20(26)22-19(16)25)15-9-4-2-3-5-12(9)21-18(10)15/h2-5,8,19,21,25H,6-7H2,1H3,(H,22,26). The normalized spacial score (nSPS) is 18.1. The summed E-state index contributed by atoms with van der Waals surface area (Å²) < 4.78 is 1.80. The van der Waals surface area contributed by atoms with Crippen molar-refractivity contribution in [1.29, 1.82) is 0 Å². The third-order valence-corrected chi connectivity index (χ3v) is 5.65. The molecule has 2 aliphatic rings. The zero-order chi connectivity index (χ0) is 17.6. The average Bonchev–Trinajstić information content (AvgIpc) is 3.27. The van der Waals surface area contributed by atoms with Gasteiger partial charge in [0.15, 0.2) is 6.23 Å². The molecule has 2 aromatic carbocycles. The van der Waals surface area contributed by atoms with Gasteiger partial charge in [-0.15, -0.1) is 0 Å². The van der Waals surface area contributed by atoms with Gasteiger partial charge in [0.1, 0.15) is 0 Å². The summed E-state index contributed by atoms with van der Waals surface area (Å²) in [6.07, 6.45) is 2.67. The monoisotopic (exact) mass is 344 g/mol. The maximum atomic E-state index is 12.7. The number of benzene rings is 2. The Bertz CT molecular complexity index is 1260. The first kappa shape index (κ1) is 14.1. The van der Waals surface area contributed by atoms with Gasteiger partial charge in [-0.2, -0.15) is 5.10 Å². The number of hydrogen-bond donors (Lipinski definition) is 3. The van der Waals surface area contributed by atoms with Gasteiger partial charge >= 0.3 is 0 Å². The highest BCUT2D eigenvalue weighted by Gasteiger charge is 2.38. The molecule has 0 bridgehead atoms. The van der Waals surface area contributed by atoms with Crippen molar-refractivity contribution < 1.29 is 9.90 Å². The highest BCUT2D eigenvalue weighted by atomic mass is 16.3. The Morgan fingerprint density at radius 1 is 1.23 bits per heavy atom. The van der Waals surface area contributed by atoms with Crippen molar-refractivity contribution in [2.24, 2.45) is 7.05 Å². The Kier molecular flexibility index (Phi) is 2.46. The van der Waals surface area contributed by atoms with E-state index in [1.54, 1.807) is 4.68 Å². The van der Waals surface area contributed by atoms with E-state index in [0.717, 1.165) is 57.0 Å². The fourth-order valence-electron chi connectivity index (χ4n) is 4.68. The van der Waals surface area contributed by atoms with Crippen molar-refractivity contribution in [1.82, 2.24) is 20.1 Å². The Morgan fingerprint density at radius 2 is 2.08 bits per heavy atom. The van der Waals surface area contributed by atoms with Crippen LogP contribution >= 0.6 is 0 Å². The number of H-pyrrole nitrogens is 1. The predicted molar refractivity (Wildman–Crippen MR) is 97.8 cm³/mol. The summed E-state index contributed by atoms with van der Waals surface area (Å²) in [5, 5.41) is 19.8. The molecule has 1 amide bonds. The molecule has 0 fully saturated rings. The van der Waals surface area contributed by atoms with Crippen LogP contribution in [0.1, 0.15) is 33.4 Å². The number of nitrogens with zero attached hydrogens (tertiary/aromatic N) is 2. The lowest BCUT2D eigenvalue weighted by Crippen LogP contribution is -2.18. The molecular weight excluding hydrogens is 328 g/mol. The number of carbonyl (C=O) groups excluding carboxylic acids is 1. The molecule has 128 valence electrons. The van der Waals surface area contributed by atoms with Crippen LogP contribution in [-0.2, 0) is 19.9 Å². The van der Waals surface area contributed by atoms with Gasteiger partial charge in [0.25, 0.3) is 5.91 Å². The fourth-order valence-corrected chi connectivity index (χ4v) is 4.68. The molecule has 2 aromatic heterocycles. The molecule has 6 heteroatoms. The summed E-state index contributed by atoms with van der Waals surface area (Å²) in [6, 6.07) is 8.01. The highest BCUT2D eigenvalue weighted by molar-refractivity contribution is 6.22. The first-order valence-electron chi connectivity index (χ1n) is 8.74. The molecular formula is C20H16N4O2. The molecule has 26 heavy (non-hydrogen) atoms. The minimum Gasteiger partial charge on any atom is -0.369 e. The van der Waals surface area contributed by atoms with E-state index in [4.69, 9.17) is 0 Å². The first-order chi connectivity index (χ1) is 12.6. The summed E-state index contributed by atoms with van der Waals surface area (Å²) in [5.41, 5.74) is 7.43. The lowest BCUT2D eigenvalue weighted by Gasteiger charge is -2.21. The largest absolute Gasteiger partial charge is 0.369 e. The molecule has 0 spiro atoms. The van der Waals surface area contributed by atoms with Crippen LogP contribution in [0.2, 0.25) is 0 Å². The van der Waals surface area contributed by atoms with Crippen LogP contribution in [0.25, 0.3) is 32.9 Å². The average molecular weight is 344 g/mol. The number of hydrogen-bond acceptors (Lipinski definition) is 3. The molecule has 1 aliphatic carbocycles. The van der Waals surface area contributed by atoms with E-state index < -0.39 is 6.23 Å². The van der Waals surface area contributed by atoms with Gasteiger partial charge in [-0.1, -0.05) is 18.2 Å². The van der Waals surface area contributed by atoms with Crippen LogP contribution in [0.3, 0.4) is 0 Å². The Balaban J connectivity index is 1.88. The van der Waals surface area contributed by atoms with Crippen LogP contribution in [0, 0.1) is 0 Å². The van der Waals surface area contributed by atoms with Crippen LogP contribution in [0.5, 0.6) is 0 Å². The van der Waals surface area contributed by atoms with E-state index in [0.29, 0.717) is 11.1 Å². The molecule has 1 unspecified atom stereocenters. The Hall–Kier alpha value is -3.12. The fraction of sp³-hybridized carbons (Fsp3) is 0.200. The Labute approximate surface area is 148 Å². The maximum absolute atomic E-state index is 12.7. The second kappa shape index (κ2) is 4.53. The molecule has 3 N–H and O–H groups in total. The SMILES string of the molecule is Cn1cc2c(n1)CCc1c-2c2c(c3c1[nH]c1ccccc13)C(=O)NC2O.